The summed E-state index contributed by atoms with van der Waals surface area (Å²) in [5.41, 5.74) is 4.62. The van der Waals surface area contributed by atoms with E-state index < -0.39 is 18.2 Å². The fourth-order valence-corrected chi connectivity index (χ4v) is 0.440. The summed E-state index contributed by atoms with van der Waals surface area (Å²) in [5, 5.41) is 8.94. The Bertz CT molecular complexity index is 151. The normalized spacial score (nSPS) is 11.8. The smallest absolute Gasteiger partial charge is 0.404 e. The van der Waals surface area contributed by atoms with E-state index in [1.54, 1.807) is 0 Å². The Morgan fingerprint density at radius 1 is 1.42 bits per heavy atom. The molecule has 1 amide bonds. The predicted octanol–water partition coefficient (Wildman–Crippen LogP) is -0.994. The minimum atomic E-state index is -1.03. The first-order chi connectivity index (χ1) is 5.52. The number of aliphatic hydroxyl groups excluding tert-OH is 1. The molecule has 0 heterocycles. The number of hydrogen-bond donors (Lipinski definition) is 2. The second-order valence-electron chi connectivity index (χ2n) is 2.09. The number of primary amides is 1. The average molecular weight is 177 g/mol. The Balaban J connectivity index is 3.39. The lowest BCUT2D eigenvalue weighted by Gasteiger charge is -2.09. The van der Waals surface area contributed by atoms with Crippen LogP contribution in [0.1, 0.15) is 6.92 Å². The summed E-state index contributed by atoms with van der Waals surface area (Å²) in [5.74, 6) is -0.506. The first kappa shape index (κ1) is 10.7. The van der Waals surface area contributed by atoms with Gasteiger partial charge in [0.15, 0.2) is 0 Å². The fourth-order valence-electron chi connectivity index (χ4n) is 0.440. The number of carbonyl (C=O) groups excluding carboxylic acids is 2. The van der Waals surface area contributed by atoms with Gasteiger partial charge < -0.3 is 20.3 Å². The predicted molar refractivity (Wildman–Crippen MR) is 38.2 cm³/mol. The van der Waals surface area contributed by atoms with Crippen LogP contribution in [-0.2, 0) is 14.3 Å². The molecule has 6 nitrogen and oxygen atoms in total. The van der Waals surface area contributed by atoms with Crippen LogP contribution in [0.25, 0.3) is 0 Å². The van der Waals surface area contributed by atoms with Crippen molar-refractivity contribution in [2.75, 3.05) is 13.2 Å². The van der Waals surface area contributed by atoms with Gasteiger partial charge in [0, 0.05) is 6.92 Å². The number of aliphatic hydroxyl groups is 1. The second kappa shape index (κ2) is 5.36. The van der Waals surface area contributed by atoms with Gasteiger partial charge in [0.1, 0.15) is 19.3 Å². The van der Waals surface area contributed by atoms with Gasteiger partial charge in [-0.1, -0.05) is 0 Å². The van der Waals surface area contributed by atoms with E-state index in [0.717, 1.165) is 0 Å². The molecule has 3 N–H and O–H groups in total. The first-order valence-electron chi connectivity index (χ1n) is 3.26. The van der Waals surface area contributed by atoms with E-state index in [4.69, 9.17) is 5.11 Å². The molecule has 0 saturated heterocycles. The lowest BCUT2D eigenvalue weighted by molar-refractivity contribution is -0.144. The maximum atomic E-state index is 10.2. The van der Waals surface area contributed by atoms with Crippen molar-refractivity contribution >= 4 is 12.1 Å². The zero-order chi connectivity index (χ0) is 9.56. The van der Waals surface area contributed by atoms with Gasteiger partial charge in [-0.15, -0.1) is 0 Å². The molecule has 12 heavy (non-hydrogen) atoms. The fraction of sp³-hybridized carbons (Fsp3) is 0.667. The third kappa shape index (κ3) is 6.81. The molecule has 0 saturated carbocycles. The van der Waals surface area contributed by atoms with Crippen molar-refractivity contribution in [1.29, 1.82) is 0 Å². The van der Waals surface area contributed by atoms with Crippen molar-refractivity contribution in [1.82, 2.24) is 0 Å². The summed E-state index contributed by atoms with van der Waals surface area (Å²) in [6, 6.07) is 0. The summed E-state index contributed by atoms with van der Waals surface area (Å²) >= 11 is 0. The topological polar surface area (TPSA) is 98.8 Å². The maximum Gasteiger partial charge on any atom is 0.404 e. The van der Waals surface area contributed by atoms with E-state index in [-0.39, 0.29) is 13.2 Å². The molecule has 1 unspecified atom stereocenters. The lowest BCUT2D eigenvalue weighted by Crippen LogP contribution is -2.26. The van der Waals surface area contributed by atoms with E-state index in [0.29, 0.717) is 0 Å². The molecule has 0 bridgehead atoms. The Morgan fingerprint density at radius 2 is 1.92 bits per heavy atom. The highest BCUT2D eigenvalue weighted by atomic mass is 16.6. The summed E-state index contributed by atoms with van der Waals surface area (Å²) in [6.45, 7) is 0.729. The highest BCUT2D eigenvalue weighted by Crippen LogP contribution is 1.87. The SMILES string of the molecule is CC(=O)OCC(O)COC(N)=O. The maximum absolute atomic E-state index is 10.2. The minimum absolute atomic E-state index is 0.206. The van der Waals surface area contributed by atoms with Gasteiger partial charge in [-0.3, -0.25) is 4.79 Å². The molecule has 6 heteroatoms. The van der Waals surface area contributed by atoms with E-state index in [1.807, 2.05) is 0 Å². The van der Waals surface area contributed by atoms with Crippen LogP contribution < -0.4 is 5.73 Å². The molecule has 0 radical (unpaired) electrons. The quantitative estimate of drug-likeness (QED) is 0.537. The monoisotopic (exact) mass is 177 g/mol. The van der Waals surface area contributed by atoms with Crippen molar-refractivity contribution in [2.24, 2.45) is 5.73 Å². The highest BCUT2D eigenvalue weighted by molar-refractivity contribution is 5.66. The number of amides is 1. The van der Waals surface area contributed by atoms with Crippen LogP contribution in [0.4, 0.5) is 4.79 Å². The standard InChI is InChI=1S/C6H11NO5/c1-4(8)11-2-5(9)3-12-6(7)10/h5,9H,2-3H2,1H3,(H2,7,10). The molecule has 0 aliphatic rings. The summed E-state index contributed by atoms with van der Waals surface area (Å²) in [4.78, 5) is 20.2. The van der Waals surface area contributed by atoms with Crippen molar-refractivity contribution in [3.63, 3.8) is 0 Å². The molecule has 0 aromatic heterocycles. The summed E-state index contributed by atoms with van der Waals surface area (Å²) in [6.07, 6.45) is -2.00. The zero-order valence-electron chi connectivity index (χ0n) is 6.65. The van der Waals surface area contributed by atoms with Crippen LogP contribution in [-0.4, -0.2) is 36.5 Å². The third-order valence-electron chi connectivity index (χ3n) is 0.897. The number of ether oxygens (including phenoxy) is 2. The summed E-state index contributed by atoms with van der Waals surface area (Å²) in [7, 11) is 0. The van der Waals surface area contributed by atoms with E-state index in [1.165, 1.54) is 6.92 Å². The molecule has 0 spiro atoms. The number of hydrogen-bond acceptors (Lipinski definition) is 5. The second-order valence-corrected chi connectivity index (χ2v) is 2.09. The van der Waals surface area contributed by atoms with Crippen molar-refractivity contribution in [3.05, 3.63) is 0 Å². The number of rotatable bonds is 4. The lowest BCUT2D eigenvalue weighted by atomic mass is 10.4. The van der Waals surface area contributed by atoms with Crippen LogP contribution in [0.5, 0.6) is 0 Å². The average Bonchev–Trinajstić information content (AvgIpc) is 1.96. The van der Waals surface area contributed by atoms with Gasteiger partial charge in [-0.25, -0.2) is 4.79 Å². The van der Waals surface area contributed by atoms with Crippen LogP contribution >= 0.6 is 0 Å². The van der Waals surface area contributed by atoms with Gasteiger partial charge in [-0.2, -0.15) is 0 Å². The Kier molecular flexibility index (Phi) is 4.78. The van der Waals surface area contributed by atoms with Crippen LogP contribution in [0.2, 0.25) is 0 Å². The zero-order valence-corrected chi connectivity index (χ0v) is 6.65. The van der Waals surface area contributed by atoms with Gasteiger partial charge >= 0.3 is 12.1 Å². The minimum Gasteiger partial charge on any atom is -0.463 e. The molecule has 0 aromatic rings. The van der Waals surface area contributed by atoms with Gasteiger partial charge in [0.2, 0.25) is 0 Å². The largest absolute Gasteiger partial charge is 0.463 e. The van der Waals surface area contributed by atoms with E-state index >= 15 is 0 Å². The molecule has 0 aliphatic carbocycles. The molecule has 70 valence electrons. The summed E-state index contributed by atoms with van der Waals surface area (Å²) < 4.78 is 8.65. The Morgan fingerprint density at radius 3 is 2.33 bits per heavy atom. The number of esters is 1. The highest BCUT2D eigenvalue weighted by Gasteiger charge is 2.07. The molecule has 0 rings (SSSR count). The molecule has 0 fully saturated rings. The van der Waals surface area contributed by atoms with Gasteiger partial charge in [0.25, 0.3) is 0 Å². The van der Waals surface area contributed by atoms with Gasteiger partial charge in [0.05, 0.1) is 0 Å². The Labute approximate surface area is 69.2 Å². The molecule has 0 aromatic carbocycles. The van der Waals surface area contributed by atoms with Crippen molar-refractivity contribution in [3.8, 4) is 0 Å². The van der Waals surface area contributed by atoms with Crippen LogP contribution in [0.3, 0.4) is 0 Å². The third-order valence-corrected chi connectivity index (χ3v) is 0.897. The van der Waals surface area contributed by atoms with Crippen molar-refractivity contribution < 1.29 is 24.2 Å². The molecule has 1 atom stereocenters. The number of nitrogens with two attached hydrogens (primary N) is 1. The number of carbonyl (C=O) groups is 2. The van der Waals surface area contributed by atoms with Crippen molar-refractivity contribution in [2.45, 2.75) is 13.0 Å². The molecular formula is C6H11NO5. The molecular weight excluding hydrogens is 166 g/mol. The first-order valence-corrected chi connectivity index (χ1v) is 3.26. The molecule has 0 aliphatic heterocycles. The van der Waals surface area contributed by atoms with Crippen LogP contribution in [0.15, 0.2) is 0 Å². The van der Waals surface area contributed by atoms with Gasteiger partial charge in [-0.05, 0) is 0 Å². The van der Waals surface area contributed by atoms with E-state index in [9.17, 15) is 9.59 Å². The Hall–Kier alpha value is -1.30. The van der Waals surface area contributed by atoms with Crippen LogP contribution in [0, 0.1) is 0 Å². The van der Waals surface area contributed by atoms with E-state index in [2.05, 4.69) is 15.2 Å².